The Morgan fingerprint density at radius 1 is 1.45 bits per heavy atom. The van der Waals surface area contributed by atoms with Crippen LogP contribution in [0.5, 0.6) is 0 Å². The van der Waals surface area contributed by atoms with E-state index < -0.39 is 5.82 Å². The molecule has 4 heteroatoms. The second kappa shape index (κ2) is 1.95. The second-order valence-electron chi connectivity index (χ2n) is 2.25. The molecular formula is C7H5FN2O. The number of anilines is 1. The van der Waals surface area contributed by atoms with Gasteiger partial charge in [0.1, 0.15) is 0 Å². The van der Waals surface area contributed by atoms with Crippen molar-refractivity contribution in [2.24, 2.45) is 0 Å². The van der Waals surface area contributed by atoms with E-state index in [0.29, 0.717) is 11.1 Å². The quantitative estimate of drug-likeness (QED) is 0.582. The first-order valence-corrected chi connectivity index (χ1v) is 3.07. The van der Waals surface area contributed by atoms with Crippen molar-refractivity contribution < 1.29 is 8.91 Å². The number of nitrogens with zero attached hydrogens (tertiary/aromatic N) is 1. The molecule has 0 unspecified atom stereocenters. The van der Waals surface area contributed by atoms with E-state index in [4.69, 9.17) is 5.73 Å². The van der Waals surface area contributed by atoms with E-state index in [2.05, 4.69) is 9.68 Å². The van der Waals surface area contributed by atoms with Crippen LogP contribution in [0.15, 0.2) is 22.9 Å². The Bertz CT molecular complexity index is 396. The Labute approximate surface area is 61.6 Å². The minimum Gasteiger partial charge on any atom is -0.399 e. The summed E-state index contributed by atoms with van der Waals surface area (Å²) in [6.45, 7) is 0. The van der Waals surface area contributed by atoms with Gasteiger partial charge >= 0.3 is 0 Å². The predicted molar refractivity (Wildman–Crippen MR) is 38.4 cm³/mol. The van der Waals surface area contributed by atoms with Crippen molar-refractivity contribution in [1.82, 2.24) is 5.16 Å². The van der Waals surface area contributed by atoms with Gasteiger partial charge in [0, 0.05) is 17.1 Å². The zero-order valence-corrected chi connectivity index (χ0v) is 5.54. The van der Waals surface area contributed by atoms with E-state index in [1.54, 1.807) is 6.07 Å². The maximum atomic E-state index is 12.9. The van der Waals surface area contributed by atoms with Gasteiger partial charge in [-0.05, 0) is 6.07 Å². The normalized spacial score (nSPS) is 10.6. The maximum absolute atomic E-state index is 12.9. The molecule has 0 spiro atoms. The minimum absolute atomic E-state index is 0.152. The monoisotopic (exact) mass is 152 g/mol. The van der Waals surface area contributed by atoms with Gasteiger partial charge in [0.15, 0.2) is 5.82 Å². The summed E-state index contributed by atoms with van der Waals surface area (Å²) in [6, 6.07) is 2.81. The lowest BCUT2D eigenvalue weighted by molar-refractivity contribution is 0.440. The van der Waals surface area contributed by atoms with Crippen LogP contribution in [0.1, 0.15) is 0 Å². The summed E-state index contributed by atoms with van der Waals surface area (Å²) in [7, 11) is 0. The molecule has 0 amide bonds. The highest BCUT2D eigenvalue weighted by atomic mass is 19.1. The largest absolute Gasteiger partial charge is 0.399 e. The molecule has 0 atom stereocenters. The molecule has 3 nitrogen and oxygen atoms in total. The maximum Gasteiger partial charge on any atom is 0.202 e. The van der Waals surface area contributed by atoms with Gasteiger partial charge in [-0.1, -0.05) is 5.16 Å². The molecule has 1 heterocycles. The van der Waals surface area contributed by atoms with Crippen LogP contribution in [0.25, 0.3) is 11.0 Å². The van der Waals surface area contributed by atoms with Crippen molar-refractivity contribution >= 4 is 16.7 Å². The van der Waals surface area contributed by atoms with Crippen molar-refractivity contribution in [2.75, 3.05) is 5.73 Å². The Morgan fingerprint density at radius 3 is 3.09 bits per heavy atom. The highest BCUT2D eigenvalue weighted by molar-refractivity contribution is 5.80. The van der Waals surface area contributed by atoms with Gasteiger partial charge < -0.3 is 10.3 Å². The van der Waals surface area contributed by atoms with E-state index >= 15 is 0 Å². The Morgan fingerprint density at radius 2 is 2.27 bits per heavy atom. The number of aromatic nitrogens is 1. The zero-order valence-electron chi connectivity index (χ0n) is 5.54. The molecule has 56 valence electrons. The van der Waals surface area contributed by atoms with Crippen molar-refractivity contribution in [3.05, 3.63) is 24.1 Å². The van der Waals surface area contributed by atoms with Crippen LogP contribution in [-0.4, -0.2) is 5.16 Å². The van der Waals surface area contributed by atoms with Crippen LogP contribution < -0.4 is 5.73 Å². The first-order chi connectivity index (χ1) is 5.27. The first kappa shape index (κ1) is 6.15. The molecule has 2 N–H and O–H groups in total. The third kappa shape index (κ3) is 0.832. The number of fused-ring (bicyclic) bond motifs is 1. The predicted octanol–water partition coefficient (Wildman–Crippen LogP) is 1.55. The molecule has 0 aliphatic heterocycles. The molecule has 0 radical (unpaired) electrons. The number of rotatable bonds is 0. The molecule has 2 aromatic rings. The molecule has 1 aromatic heterocycles. The third-order valence-corrected chi connectivity index (χ3v) is 1.43. The van der Waals surface area contributed by atoms with Gasteiger partial charge in [-0.2, -0.15) is 0 Å². The molecule has 0 fully saturated rings. The second-order valence-corrected chi connectivity index (χ2v) is 2.25. The molecule has 0 saturated heterocycles. The van der Waals surface area contributed by atoms with Gasteiger partial charge in [0.2, 0.25) is 5.58 Å². The summed E-state index contributed by atoms with van der Waals surface area (Å²) < 4.78 is 17.5. The molecule has 0 aliphatic carbocycles. The Balaban J connectivity index is 2.91. The van der Waals surface area contributed by atoms with Crippen molar-refractivity contribution in [3.8, 4) is 0 Å². The van der Waals surface area contributed by atoms with E-state index in [1.807, 2.05) is 0 Å². The van der Waals surface area contributed by atoms with E-state index in [-0.39, 0.29) is 5.58 Å². The average Bonchev–Trinajstić information content (AvgIpc) is 2.34. The summed E-state index contributed by atoms with van der Waals surface area (Å²) in [6.07, 6.45) is 1.43. The smallest absolute Gasteiger partial charge is 0.202 e. The van der Waals surface area contributed by atoms with Crippen molar-refractivity contribution in [2.45, 2.75) is 0 Å². The van der Waals surface area contributed by atoms with Gasteiger partial charge in [0.05, 0.1) is 6.20 Å². The number of hydrogen-bond acceptors (Lipinski definition) is 3. The fraction of sp³-hybridized carbons (Fsp3) is 0. The lowest BCUT2D eigenvalue weighted by Crippen LogP contribution is -1.85. The van der Waals surface area contributed by atoms with Crippen molar-refractivity contribution in [1.29, 1.82) is 0 Å². The zero-order chi connectivity index (χ0) is 7.84. The fourth-order valence-corrected chi connectivity index (χ4v) is 0.965. The summed E-state index contributed by atoms with van der Waals surface area (Å²) in [4.78, 5) is 0. The number of nitrogens with two attached hydrogens (primary N) is 1. The van der Waals surface area contributed by atoms with Gasteiger partial charge in [-0.25, -0.2) is 4.39 Å². The molecule has 0 saturated carbocycles. The average molecular weight is 152 g/mol. The molecule has 11 heavy (non-hydrogen) atoms. The van der Waals surface area contributed by atoms with Crippen LogP contribution in [0.2, 0.25) is 0 Å². The summed E-state index contributed by atoms with van der Waals surface area (Å²) >= 11 is 0. The molecule has 2 rings (SSSR count). The summed E-state index contributed by atoms with van der Waals surface area (Å²) in [5.74, 6) is -0.475. The minimum atomic E-state index is -0.475. The Kier molecular flexibility index (Phi) is 1.09. The van der Waals surface area contributed by atoms with Gasteiger partial charge in [-0.15, -0.1) is 0 Å². The lowest BCUT2D eigenvalue weighted by atomic mass is 10.2. The van der Waals surface area contributed by atoms with E-state index in [9.17, 15) is 4.39 Å². The van der Waals surface area contributed by atoms with E-state index in [1.165, 1.54) is 12.3 Å². The standard InChI is InChI=1S/C7H5FN2O/c8-6-2-5(9)1-4-3-10-11-7(4)6/h1-3H,9H2. The molecule has 1 aromatic carbocycles. The van der Waals surface area contributed by atoms with Crippen LogP contribution in [0.3, 0.4) is 0 Å². The SMILES string of the molecule is Nc1cc(F)c2oncc2c1. The molecular weight excluding hydrogens is 147 g/mol. The van der Waals surface area contributed by atoms with Gasteiger partial charge in [0.25, 0.3) is 0 Å². The van der Waals surface area contributed by atoms with Crippen molar-refractivity contribution in [3.63, 3.8) is 0 Å². The highest BCUT2D eigenvalue weighted by Crippen LogP contribution is 2.20. The molecule has 0 bridgehead atoms. The van der Waals surface area contributed by atoms with Gasteiger partial charge in [-0.3, -0.25) is 0 Å². The van der Waals surface area contributed by atoms with E-state index in [0.717, 1.165) is 0 Å². The number of benzene rings is 1. The number of hydrogen-bond donors (Lipinski definition) is 1. The topological polar surface area (TPSA) is 52.0 Å². The first-order valence-electron chi connectivity index (χ1n) is 3.07. The summed E-state index contributed by atoms with van der Waals surface area (Å²) in [5.41, 5.74) is 5.90. The highest BCUT2D eigenvalue weighted by Gasteiger charge is 2.05. The third-order valence-electron chi connectivity index (χ3n) is 1.43. The van der Waals surface area contributed by atoms with Crippen LogP contribution >= 0.6 is 0 Å². The van der Waals surface area contributed by atoms with Crippen LogP contribution in [0, 0.1) is 5.82 Å². The fourth-order valence-electron chi connectivity index (χ4n) is 0.965. The lowest BCUT2D eigenvalue weighted by Gasteiger charge is -1.91. The number of nitrogen functional groups attached to an aromatic ring is 1. The van der Waals surface area contributed by atoms with Crippen LogP contribution in [0.4, 0.5) is 10.1 Å². The van der Waals surface area contributed by atoms with Crippen LogP contribution in [-0.2, 0) is 0 Å². The molecule has 0 aliphatic rings. The summed E-state index contributed by atoms with van der Waals surface area (Å²) in [5, 5.41) is 4.02. The Hall–Kier alpha value is -1.58. The number of halogens is 1.